The molecular formula is C12H16BrNO. The second-order valence-corrected chi connectivity index (χ2v) is 4.76. The van der Waals surface area contributed by atoms with Gasteiger partial charge in [0.1, 0.15) is 0 Å². The molecule has 2 rings (SSSR count). The van der Waals surface area contributed by atoms with Crippen LogP contribution in [0.4, 0.5) is 5.69 Å². The van der Waals surface area contributed by atoms with Crippen molar-refractivity contribution < 1.29 is 4.74 Å². The number of benzene rings is 1. The van der Waals surface area contributed by atoms with E-state index in [1.54, 1.807) is 0 Å². The Bertz CT molecular complexity index is 334. The standard InChI is InChI=1S/C12H16BrNO/c1-9-3-2-4-11(12(9)13)14-10-5-7-15-8-6-10/h2-4,10,14H,5-8H2,1H3. The molecule has 0 amide bonds. The Morgan fingerprint density at radius 2 is 2.07 bits per heavy atom. The highest BCUT2D eigenvalue weighted by molar-refractivity contribution is 9.10. The van der Waals surface area contributed by atoms with Gasteiger partial charge in [-0.2, -0.15) is 0 Å². The summed E-state index contributed by atoms with van der Waals surface area (Å²) in [5, 5.41) is 3.56. The molecule has 1 heterocycles. The molecule has 1 N–H and O–H groups in total. The number of nitrogens with one attached hydrogen (secondary N) is 1. The van der Waals surface area contributed by atoms with Crippen molar-refractivity contribution in [3.63, 3.8) is 0 Å². The molecule has 15 heavy (non-hydrogen) atoms. The zero-order chi connectivity index (χ0) is 10.7. The van der Waals surface area contributed by atoms with Gasteiger partial charge in [0.2, 0.25) is 0 Å². The van der Waals surface area contributed by atoms with Crippen LogP contribution in [0.15, 0.2) is 22.7 Å². The van der Waals surface area contributed by atoms with Crippen molar-refractivity contribution in [1.82, 2.24) is 0 Å². The first-order chi connectivity index (χ1) is 7.27. The lowest BCUT2D eigenvalue weighted by molar-refractivity contribution is 0.0904. The fraction of sp³-hybridized carbons (Fsp3) is 0.500. The molecule has 0 aromatic heterocycles. The average Bonchev–Trinajstić information content (AvgIpc) is 2.26. The van der Waals surface area contributed by atoms with Gasteiger partial charge in [0.05, 0.1) is 0 Å². The smallest absolute Gasteiger partial charge is 0.0489 e. The minimum Gasteiger partial charge on any atom is -0.381 e. The fourth-order valence-corrected chi connectivity index (χ4v) is 2.20. The van der Waals surface area contributed by atoms with Gasteiger partial charge in [-0.15, -0.1) is 0 Å². The van der Waals surface area contributed by atoms with Crippen molar-refractivity contribution in [3.05, 3.63) is 28.2 Å². The molecular weight excluding hydrogens is 254 g/mol. The zero-order valence-electron chi connectivity index (χ0n) is 8.92. The number of hydrogen-bond donors (Lipinski definition) is 1. The highest BCUT2D eigenvalue weighted by Gasteiger charge is 2.14. The van der Waals surface area contributed by atoms with E-state index in [1.807, 2.05) is 0 Å². The van der Waals surface area contributed by atoms with Gasteiger partial charge in [-0.05, 0) is 47.3 Å². The third-order valence-electron chi connectivity index (χ3n) is 2.77. The molecule has 0 bridgehead atoms. The zero-order valence-corrected chi connectivity index (χ0v) is 10.5. The number of aryl methyl sites for hydroxylation is 1. The average molecular weight is 270 g/mol. The monoisotopic (exact) mass is 269 g/mol. The highest BCUT2D eigenvalue weighted by Crippen LogP contribution is 2.27. The normalized spacial score (nSPS) is 17.7. The van der Waals surface area contributed by atoms with Gasteiger partial charge in [0.15, 0.2) is 0 Å². The molecule has 82 valence electrons. The van der Waals surface area contributed by atoms with Gasteiger partial charge in [-0.1, -0.05) is 12.1 Å². The van der Waals surface area contributed by atoms with E-state index in [9.17, 15) is 0 Å². The summed E-state index contributed by atoms with van der Waals surface area (Å²) in [5.74, 6) is 0. The lowest BCUT2D eigenvalue weighted by atomic mass is 10.1. The van der Waals surface area contributed by atoms with E-state index in [2.05, 4.69) is 46.4 Å². The molecule has 1 aliphatic rings. The summed E-state index contributed by atoms with van der Waals surface area (Å²) >= 11 is 3.61. The van der Waals surface area contributed by atoms with Gasteiger partial charge >= 0.3 is 0 Å². The first-order valence-electron chi connectivity index (χ1n) is 5.37. The van der Waals surface area contributed by atoms with Crippen LogP contribution in [0.5, 0.6) is 0 Å². The highest BCUT2D eigenvalue weighted by atomic mass is 79.9. The summed E-state index contributed by atoms with van der Waals surface area (Å²) in [4.78, 5) is 0. The van der Waals surface area contributed by atoms with Crippen LogP contribution in [-0.2, 0) is 4.74 Å². The molecule has 1 aromatic rings. The maximum Gasteiger partial charge on any atom is 0.0489 e. The van der Waals surface area contributed by atoms with E-state index >= 15 is 0 Å². The van der Waals surface area contributed by atoms with E-state index in [0.717, 1.165) is 26.1 Å². The van der Waals surface area contributed by atoms with Crippen LogP contribution in [0.3, 0.4) is 0 Å². The number of halogens is 1. The molecule has 1 aliphatic heterocycles. The Balaban J connectivity index is 2.06. The Hall–Kier alpha value is -0.540. The molecule has 0 spiro atoms. The molecule has 3 heteroatoms. The van der Waals surface area contributed by atoms with Crippen LogP contribution in [0, 0.1) is 6.92 Å². The summed E-state index contributed by atoms with van der Waals surface area (Å²) in [5.41, 5.74) is 2.47. The van der Waals surface area contributed by atoms with Crippen LogP contribution in [-0.4, -0.2) is 19.3 Å². The molecule has 0 aliphatic carbocycles. The minimum absolute atomic E-state index is 0.553. The van der Waals surface area contributed by atoms with E-state index in [4.69, 9.17) is 4.74 Å². The van der Waals surface area contributed by atoms with E-state index in [0.29, 0.717) is 6.04 Å². The van der Waals surface area contributed by atoms with Gasteiger partial charge in [-0.3, -0.25) is 0 Å². The first-order valence-corrected chi connectivity index (χ1v) is 6.16. The summed E-state index contributed by atoms with van der Waals surface area (Å²) < 4.78 is 6.52. The largest absolute Gasteiger partial charge is 0.381 e. The molecule has 1 fully saturated rings. The topological polar surface area (TPSA) is 21.3 Å². The van der Waals surface area contributed by atoms with Crippen molar-refractivity contribution in [2.24, 2.45) is 0 Å². The van der Waals surface area contributed by atoms with Crippen molar-refractivity contribution >= 4 is 21.6 Å². The van der Waals surface area contributed by atoms with Gasteiger partial charge in [0, 0.05) is 29.4 Å². The lowest BCUT2D eigenvalue weighted by Gasteiger charge is -2.25. The van der Waals surface area contributed by atoms with Gasteiger partial charge in [0.25, 0.3) is 0 Å². The Morgan fingerprint density at radius 3 is 2.80 bits per heavy atom. The van der Waals surface area contributed by atoms with Crippen molar-refractivity contribution in [3.8, 4) is 0 Å². The maximum absolute atomic E-state index is 5.34. The van der Waals surface area contributed by atoms with Crippen LogP contribution < -0.4 is 5.32 Å². The van der Waals surface area contributed by atoms with Crippen LogP contribution in [0.25, 0.3) is 0 Å². The number of ether oxygens (including phenoxy) is 1. The molecule has 0 atom stereocenters. The fourth-order valence-electron chi connectivity index (χ4n) is 1.82. The predicted octanol–water partition coefficient (Wildman–Crippen LogP) is 3.35. The summed E-state index contributed by atoms with van der Waals surface area (Å²) in [6, 6.07) is 6.87. The number of hydrogen-bond acceptors (Lipinski definition) is 2. The Kier molecular flexibility index (Phi) is 3.65. The van der Waals surface area contributed by atoms with Crippen molar-refractivity contribution in [2.75, 3.05) is 18.5 Å². The minimum atomic E-state index is 0.553. The Morgan fingerprint density at radius 1 is 1.33 bits per heavy atom. The molecule has 2 nitrogen and oxygen atoms in total. The van der Waals surface area contributed by atoms with E-state index < -0.39 is 0 Å². The molecule has 1 saturated heterocycles. The molecule has 0 radical (unpaired) electrons. The SMILES string of the molecule is Cc1cccc(NC2CCOCC2)c1Br. The second kappa shape index (κ2) is 4.99. The summed E-state index contributed by atoms with van der Waals surface area (Å²) in [6.07, 6.45) is 2.20. The van der Waals surface area contributed by atoms with Crippen molar-refractivity contribution in [2.45, 2.75) is 25.8 Å². The third kappa shape index (κ3) is 2.73. The van der Waals surface area contributed by atoms with Crippen LogP contribution >= 0.6 is 15.9 Å². The molecule has 0 unspecified atom stereocenters. The van der Waals surface area contributed by atoms with Crippen LogP contribution in [0.1, 0.15) is 18.4 Å². The van der Waals surface area contributed by atoms with E-state index in [-0.39, 0.29) is 0 Å². The maximum atomic E-state index is 5.34. The second-order valence-electron chi connectivity index (χ2n) is 3.97. The van der Waals surface area contributed by atoms with Gasteiger partial charge < -0.3 is 10.1 Å². The molecule has 0 saturated carbocycles. The van der Waals surface area contributed by atoms with Crippen molar-refractivity contribution in [1.29, 1.82) is 0 Å². The van der Waals surface area contributed by atoms with E-state index in [1.165, 1.54) is 15.7 Å². The number of anilines is 1. The molecule has 1 aromatic carbocycles. The summed E-state index contributed by atoms with van der Waals surface area (Å²) in [6.45, 7) is 3.86. The lowest BCUT2D eigenvalue weighted by Crippen LogP contribution is -2.27. The van der Waals surface area contributed by atoms with Crippen LogP contribution in [0.2, 0.25) is 0 Å². The summed E-state index contributed by atoms with van der Waals surface area (Å²) in [7, 11) is 0. The Labute approximate surface area is 99.1 Å². The third-order valence-corrected chi connectivity index (χ3v) is 3.83. The predicted molar refractivity (Wildman–Crippen MR) is 66.3 cm³/mol. The quantitative estimate of drug-likeness (QED) is 0.889. The van der Waals surface area contributed by atoms with Gasteiger partial charge in [-0.25, -0.2) is 0 Å². The first kappa shape index (κ1) is 11.0. The number of rotatable bonds is 2.